The number of ether oxygens (including phenoxy) is 1. The fourth-order valence-corrected chi connectivity index (χ4v) is 3.35. The molecule has 1 aliphatic heterocycles. The summed E-state index contributed by atoms with van der Waals surface area (Å²) >= 11 is 0. The van der Waals surface area contributed by atoms with E-state index in [1.165, 1.54) is 11.3 Å². The van der Waals surface area contributed by atoms with E-state index in [0.717, 1.165) is 18.7 Å². The lowest BCUT2D eigenvalue weighted by atomic mass is 10.2. The first-order valence-electron chi connectivity index (χ1n) is 9.10. The van der Waals surface area contributed by atoms with Gasteiger partial charge in [0.15, 0.2) is 0 Å². The summed E-state index contributed by atoms with van der Waals surface area (Å²) in [6, 6.07) is 17.6. The molecule has 27 heavy (non-hydrogen) atoms. The molecule has 0 saturated carbocycles. The highest BCUT2D eigenvalue weighted by Gasteiger charge is 2.21. The maximum absolute atomic E-state index is 12.8. The van der Waals surface area contributed by atoms with Crippen LogP contribution in [0.1, 0.15) is 22.8 Å². The molecular formula is C22H21N3O2. The van der Waals surface area contributed by atoms with Crippen molar-refractivity contribution in [1.29, 1.82) is 0 Å². The number of anilines is 3. The second kappa shape index (κ2) is 7.50. The number of rotatable bonds is 5. The predicted octanol–water partition coefficient (Wildman–Crippen LogP) is 4.43. The lowest BCUT2D eigenvalue weighted by molar-refractivity contribution is 0.102. The number of nitrogens with zero attached hydrogens (tertiary/aromatic N) is 2. The van der Waals surface area contributed by atoms with Crippen LogP contribution in [0.25, 0.3) is 0 Å². The van der Waals surface area contributed by atoms with Gasteiger partial charge in [-0.3, -0.25) is 9.78 Å². The number of carbonyl (C=O) groups excluding carboxylic acids is 1. The monoisotopic (exact) mass is 359 g/mol. The summed E-state index contributed by atoms with van der Waals surface area (Å²) in [5.74, 6) is 0.454. The molecule has 1 amide bonds. The van der Waals surface area contributed by atoms with E-state index in [9.17, 15) is 4.79 Å². The highest BCUT2D eigenvalue weighted by atomic mass is 16.5. The van der Waals surface area contributed by atoms with Crippen molar-refractivity contribution in [2.24, 2.45) is 0 Å². The van der Waals surface area contributed by atoms with E-state index in [1.54, 1.807) is 12.4 Å². The SMILES string of the molecule is CCOc1ccccc1NC(=O)c1cncc(N2CCc3ccccc32)c1. The molecule has 1 aliphatic rings. The van der Waals surface area contributed by atoms with Crippen molar-refractivity contribution < 1.29 is 9.53 Å². The van der Waals surface area contributed by atoms with E-state index in [0.29, 0.717) is 23.6 Å². The molecule has 0 radical (unpaired) electrons. The van der Waals surface area contributed by atoms with Crippen molar-refractivity contribution in [3.63, 3.8) is 0 Å². The maximum atomic E-state index is 12.8. The largest absolute Gasteiger partial charge is 0.492 e. The van der Waals surface area contributed by atoms with Crippen LogP contribution in [-0.2, 0) is 6.42 Å². The number of pyridine rings is 1. The summed E-state index contributed by atoms with van der Waals surface area (Å²) in [6.45, 7) is 3.34. The molecule has 0 atom stereocenters. The first-order valence-corrected chi connectivity index (χ1v) is 9.10. The number of para-hydroxylation sites is 3. The van der Waals surface area contributed by atoms with Gasteiger partial charge in [-0.05, 0) is 43.2 Å². The zero-order chi connectivity index (χ0) is 18.6. The third-order valence-electron chi connectivity index (χ3n) is 4.62. The molecule has 0 spiro atoms. The van der Waals surface area contributed by atoms with E-state index >= 15 is 0 Å². The van der Waals surface area contributed by atoms with Gasteiger partial charge < -0.3 is 15.0 Å². The molecule has 0 bridgehead atoms. The lowest BCUT2D eigenvalue weighted by Crippen LogP contribution is -2.17. The first-order chi connectivity index (χ1) is 13.3. The average molecular weight is 359 g/mol. The van der Waals surface area contributed by atoms with Crippen LogP contribution in [0.2, 0.25) is 0 Å². The van der Waals surface area contributed by atoms with Crippen LogP contribution >= 0.6 is 0 Å². The van der Waals surface area contributed by atoms with Gasteiger partial charge in [-0.15, -0.1) is 0 Å². The molecule has 0 unspecified atom stereocenters. The van der Waals surface area contributed by atoms with Gasteiger partial charge in [0, 0.05) is 18.4 Å². The number of carbonyl (C=O) groups is 1. The van der Waals surface area contributed by atoms with Gasteiger partial charge in [-0.25, -0.2) is 0 Å². The first kappa shape index (κ1) is 17.1. The van der Waals surface area contributed by atoms with E-state index < -0.39 is 0 Å². The molecule has 1 N–H and O–H groups in total. The van der Waals surface area contributed by atoms with Gasteiger partial charge in [0.05, 0.1) is 29.7 Å². The van der Waals surface area contributed by atoms with E-state index in [1.807, 2.05) is 43.3 Å². The Labute approximate surface area is 158 Å². The topological polar surface area (TPSA) is 54.5 Å². The minimum absolute atomic E-state index is 0.205. The summed E-state index contributed by atoms with van der Waals surface area (Å²) in [4.78, 5) is 19.2. The maximum Gasteiger partial charge on any atom is 0.257 e. The Hall–Kier alpha value is -3.34. The highest BCUT2D eigenvalue weighted by Crippen LogP contribution is 2.34. The molecule has 0 saturated heterocycles. The summed E-state index contributed by atoms with van der Waals surface area (Å²) in [5.41, 5.74) is 4.59. The van der Waals surface area contributed by atoms with Gasteiger partial charge in [0.1, 0.15) is 5.75 Å². The molecular weight excluding hydrogens is 338 g/mol. The second-order valence-electron chi connectivity index (χ2n) is 6.35. The quantitative estimate of drug-likeness (QED) is 0.732. The second-order valence-corrected chi connectivity index (χ2v) is 6.35. The number of hydrogen-bond acceptors (Lipinski definition) is 4. The van der Waals surface area contributed by atoms with Crippen molar-refractivity contribution in [3.05, 3.63) is 78.1 Å². The number of aromatic nitrogens is 1. The van der Waals surface area contributed by atoms with Crippen LogP contribution in [0.15, 0.2) is 67.0 Å². The van der Waals surface area contributed by atoms with Crippen molar-refractivity contribution >= 4 is 23.0 Å². The van der Waals surface area contributed by atoms with E-state index in [4.69, 9.17) is 4.74 Å². The van der Waals surface area contributed by atoms with Gasteiger partial charge in [0.25, 0.3) is 5.91 Å². The molecule has 4 rings (SSSR count). The Kier molecular flexibility index (Phi) is 4.75. The molecule has 2 heterocycles. The number of fused-ring (bicyclic) bond motifs is 1. The Balaban J connectivity index is 1.57. The smallest absolute Gasteiger partial charge is 0.257 e. The highest BCUT2D eigenvalue weighted by molar-refractivity contribution is 6.05. The molecule has 2 aromatic carbocycles. The number of amides is 1. The Morgan fingerprint density at radius 1 is 1.15 bits per heavy atom. The van der Waals surface area contributed by atoms with Crippen molar-refractivity contribution in [2.75, 3.05) is 23.4 Å². The predicted molar refractivity (Wildman–Crippen MR) is 107 cm³/mol. The molecule has 0 aliphatic carbocycles. The van der Waals surface area contributed by atoms with Gasteiger partial charge in [0.2, 0.25) is 0 Å². The Morgan fingerprint density at radius 2 is 1.96 bits per heavy atom. The molecule has 5 nitrogen and oxygen atoms in total. The van der Waals surface area contributed by atoms with E-state index in [-0.39, 0.29) is 5.91 Å². The normalized spacial score (nSPS) is 12.6. The Bertz CT molecular complexity index is 971. The third-order valence-corrected chi connectivity index (χ3v) is 4.62. The minimum atomic E-state index is -0.205. The molecule has 3 aromatic rings. The van der Waals surface area contributed by atoms with E-state index in [2.05, 4.69) is 33.4 Å². The third kappa shape index (κ3) is 3.49. The van der Waals surface area contributed by atoms with Gasteiger partial charge in [-0.2, -0.15) is 0 Å². The molecule has 5 heteroatoms. The molecule has 1 aromatic heterocycles. The van der Waals surface area contributed by atoms with Crippen molar-refractivity contribution in [1.82, 2.24) is 4.98 Å². The zero-order valence-electron chi connectivity index (χ0n) is 15.2. The summed E-state index contributed by atoms with van der Waals surface area (Å²) in [5, 5.41) is 2.93. The van der Waals surface area contributed by atoms with Gasteiger partial charge >= 0.3 is 0 Å². The Morgan fingerprint density at radius 3 is 2.85 bits per heavy atom. The lowest BCUT2D eigenvalue weighted by Gasteiger charge is -2.19. The van der Waals surface area contributed by atoms with Crippen molar-refractivity contribution in [3.8, 4) is 5.75 Å². The molecule has 0 fully saturated rings. The van der Waals surface area contributed by atoms with Crippen LogP contribution in [-0.4, -0.2) is 24.0 Å². The summed E-state index contributed by atoms with van der Waals surface area (Å²) < 4.78 is 5.58. The minimum Gasteiger partial charge on any atom is -0.492 e. The fraction of sp³-hybridized carbons (Fsp3) is 0.182. The summed E-state index contributed by atoms with van der Waals surface area (Å²) in [7, 11) is 0. The van der Waals surface area contributed by atoms with Crippen LogP contribution in [0.5, 0.6) is 5.75 Å². The van der Waals surface area contributed by atoms with Crippen LogP contribution in [0.4, 0.5) is 17.1 Å². The number of hydrogen-bond donors (Lipinski definition) is 1. The standard InChI is InChI=1S/C22H21N3O2/c1-2-27-21-10-6-4-8-19(21)24-22(26)17-13-18(15-23-14-17)25-12-11-16-7-3-5-9-20(16)25/h3-10,13-15H,2,11-12H2,1H3,(H,24,26). The summed E-state index contributed by atoms with van der Waals surface area (Å²) in [6.07, 6.45) is 4.38. The van der Waals surface area contributed by atoms with Gasteiger partial charge in [-0.1, -0.05) is 30.3 Å². The number of nitrogens with one attached hydrogen (secondary N) is 1. The average Bonchev–Trinajstić information content (AvgIpc) is 3.14. The van der Waals surface area contributed by atoms with Crippen LogP contribution in [0.3, 0.4) is 0 Å². The van der Waals surface area contributed by atoms with Crippen molar-refractivity contribution in [2.45, 2.75) is 13.3 Å². The number of benzene rings is 2. The van der Waals surface area contributed by atoms with Crippen LogP contribution in [0, 0.1) is 0 Å². The molecule has 136 valence electrons. The zero-order valence-corrected chi connectivity index (χ0v) is 15.2. The van der Waals surface area contributed by atoms with Crippen LogP contribution < -0.4 is 15.0 Å². The fourth-order valence-electron chi connectivity index (χ4n) is 3.35.